The number of aromatic amines is 1. The number of methoxy groups -OCH3 is 8. The minimum absolute atomic E-state index is 0.109. The van der Waals surface area contributed by atoms with E-state index in [0.717, 1.165) is 260 Å². The topological polar surface area (TPSA) is 312 Å². The van der Waals surface area contributed by atoms with Gasteiger partial charge >= 0.3 is 6.18 Å². The zero-order valence-electron chi connectivity index (χ0n) is 86.6. The fourth-order valence-electron chi connectivity index (χ4n) is 19.5. The van der Waals surface area contributed by atoms with Crippen molar-refractivity contribution in [1.29, 1.82) is 5.26 Å². The van der Waals surface area contributed by atoms with Crippen LogP contribution in [0.4, 0.5) is 58.7 Å². The fourth-order valence-corrected chi connectivity index (χ4v) is 19.5. The van der Waals surface area contributed by atoms with Gasteiger partial charge in [-0.1, -0.05) is 0 Å². The molecule has 16 aromatic rings. The van der Waals surface area contributed by atoms with Gasteiger partial charge in [0.05, 0.1) is 191 Å². The van der Waals surface area contributed by atoms with E-state index < -0.39 is 12.1 Å². The Hall–Kier alpha value is -15.4. The maximum atomic E-state index is 13.1. The van der Waals surface area contributed by atoms with Crippen LogP contribution in [0.15, 0.2) is 220 Å². The predicted octanol–water partition coefficient (Wildman–Crippen LogP) is 18.8. The lowest BCUT2D eigenvalue weighted by atomic mass is 9.96. The minimum atomic E-state index is -4.11. The largest absolute Gasteiger partial charge is 0.497 e. The lowest BCUT2D eigenvalue weighted by Crippen LogP contribution is -2.48. The molecule has 4 saturated heterocycles. The Kier molecular flexibility index (Phi) is 33.6. The number of likely N-dealkylation sites (N-methyl/N-ethyl adjacent to an activating group) is 1. The molecule has 8 aromatic heterocycles. The molecule has 0 saturated carbocycles. The second-order valence-corrected chi connectivity index (χ2v) is 38.0. The summed E-state index contributed by atoms with van der Waals surface area (Å²) in [5.41, 5.74) is 21.2. The first-order valence-electron chi connectivity index (χ1n) is 49.9. The van der Waals surface area contributed by atoms with Crippen LogP contribution >= 0.6 is 0 Å². The zero-order chi connectivity index (χ0) is 104. The van der Waals surface area contributed by atoms with E-state index in [1.165, 1.54) is 6.42 Å². The Bertz CT molecular complexity index is 7130. The summed E-state index contributed by atoms with van der Waals surface area (Å²) in [6, 6.07) is 52.1. The molecule has 0 radical (unpaired) electrons. The van der Waals surface area contributed by atoms with Gasteiger partial charge in [-0.15, -0.1) is 0 Å². The molecule has 34 nitrogen and oxygen atoms in total. The van der Waals surface area contributed by atoms with E-state index in [1.54, 1.807) is 108 Å². The van der Waals surface area contributed by atoms with E-state index in [2.05, 4.69) is 190 Å². The van der Waals surface area contributed by atoms with Crippen LogP contribution in [0, 0.1) is 23.2 Å². The number of ether oxygens (including phenoxy) is 8. The van der Waals surface area contributed by atoms with Gasteiger partial charge in [0.1, 0.15) is 46.0 Å². The van der Waals surface area contributed by atoms with E-state index in [-0.39, 0.29) is 18.8 Å². The number of alkyl halides is 3. The van der Waals surface area contributed by atoms with Crippen molar-refractivity contribution in [2.75, 3.05) is 182 Å². The van der Waals surface area contributed by atoms with E-state index in [9.17, 15) is 18.4 Å². The first-order valence-corrected chi connectivity index (χ1v) is 49.9. The molecule has 4 fully saturated rings. The third kappa shape index (κ3) is 25.6. The number of halogens is 3. The molecule has 12 heterocycles. The Morgan fingerprint density at radius 3 is 1.11 bits per heavy atom. The van der Waals surface area contributed by atoms with Crippen LogP contribution in [0.1, 0.15) is 58.8 Å². The Morgan fingerprint density at radius 1 is 0.385 bits per heavy atom. The van der Waals surface area contributed by atoms with E-state index in [1.807, 2.05) is 137 Å². The summed E-state index contributed by atoms with van der Waals surface area (Å²) in [4.78, 5) is 59.1. The maximum Gasteiger partial charge on any atom is 0.391 e. The van der Waals surface area contributed by atoms with Gasteiger partial charge in [-0.3, -0.25) is 48.9 Å². The van der Waals surface area contributed by atoms with E-state index in [0.29, 0.717) is 55.8 Å². The van der Waals surface area contributed by atoms with Gasteiger partial charge in [0, 0.05) is 257 Å². The predicted molar refractivity (Wildman–Crippen MR) is 572 cm³/mol. The standard InChI is InChI=1S/C29H33F3N6O2.C28H35N7O2.C28H34N6O2.C26H27N7O2/c1-36-19-20(17-34-36)28-18-33-26-6-5-22(15-27(26)35-28)38(23-13-24(39-2)16-25(14-23)40-3)10-4-9-37-11-7-21(8-12-37)29(30,31)32;1-32(2)22-8-9-34(19-22)10-11-35(23-12-24(36-4)15-25(13-23)37-5)21-6-7-26-27(14-21)31-28(17-29-26)20-16-30-33(3)18-20;1-19(2)33-10-6-7-22(18-33)34(23-11-24(35-4)14-25(12-23)36-5)21-8-9-26-27(13-21)31-28(16-29-26)20-15-30-32(3)17-20;1-34-22-9-21(10-23(12-22)35-2)33(8-7-32-6-5-18(13-27)17-32)20-3-4-24-25(11-20)31-26(16-28-24)19-14-29-30-15-19/h5-6,13-19,21H,4,7-12H2,1-3H3;6-7,12-18,22H,8-11,19H2,1-5H3;8-9,11-17,19,22H,6-7,10,18H2,1-5H3;3-4,9-12,14-16,18H,5-8,17H2,1-2H3,(H,29,30)/t;;;18-/m...1/s1. The number of hydrogen-bond donors (Lipinski definition) is 1. The zero-order valence-corrected chi connectivity index (χ0v) is 86.6. The average Bonchev–Trinajstić information content (AvgIpc) is 1.15. The highest BCUT2D eigenvalue weighted by Gasteiger charge is 2.41. The average molecular weight is 2010 g/mol. The number of piperidine rings is 2. The number of nitrogens with zero attached hydrogens (tertiary/aromatic N) is 25. The molecule has 772 valence electrons. The van der Waals surface area contributed by atoms with Crippen molar-refractivity contribution >= 4 is 89.6 Å². The number of H-pyrrole nitrogens is 1. The highest BCUT2D eigenvalue weighted by atomic mass is 19.4. The molecule has 0 bridgehead atoms. The van der Waals surface area contributed by atoms with Crippen molar-refractivity contribution in [3.8, 4) is 97.1 Å². The smallest absolute Gasteiger partial charge is 0.391 e. The summed E-state index contributed by atoms with van der Waals surface area (Å²) in [7, 11) is 23.3. The van der Waals surface area contributed by atoms with Gasteiger partial charge in [0.25, 0.3) is 0 Å². The highest BCUT2D eigenvalue weighted by molar-refractivity contribution is 5.87. The molecular formula is C111H129F3N26O8. The number of aryl methyl sites for hydroxylation is 3. The number of fused-ring (bicyclic) bond motifs is 4. The van der Waals surface area contributed by atoms with E-state index in [4.69, 9.17) is 57.8 Å². The van der Waals surface area contributed by atoms with Crippen molar-refractivity contribution in [2.24, 2.45) is 33.0 Å². The number of rotatable bonds is 33. The molecule has 2 unspecified atom stereocenters. The van der Waals surface area contributed by atoms with Crippen molar-refractivity contribution < 1.29 is 51.1 Å². The second kappa shape index (κ2) is 47.9. The lowest BCUT2D eigenvalue weighted by molar-refractivity contribution is -0.185. The highest BCUT2D eigenvalue weighted by Crippen LogP contribution is 2.43. The first-order chi connectivity index (χ1) is 71.8. The van der Waals surface area contributed by atoms with Crippen molar-refractivity contribution in [1.82, 2.24) is 104 Å². The number of benzene rings is 8. The van der Waals surface area contributed by atoms with Crippen molar-refractivity contribution in [3.05, 3.63) is 220 Å². The van der Waals surface area contributed by atoms with Gasteiger partial charge in [-0.2, -0.15) is 38.8 Å². The Balaban J connectivity index is 0.000000135. The summed E-state index contributed by atoms with van der Waals surface area (Å²) in [5, 5.41) is 28.9. The molecule has 20 rings (SSSR count). The SMILES string of the molecule is COc1cc(OC)cc(N(CCCN2CCC(C(F)(F)F)CC2)c2ccc3ncc(-c4cnn(C)c4)nc3c2)c1.COc1cc(OC)cc(N(CCN2CCC(N(C)C)C2)c2ccc3ncc(-c4cnn(C)c4)nc3c2)c1.COc1cc(OC)cc(N(CCN2CC[C@H](C#N)C2)c2ccc3ncc(-c4cn[nH]c4)nc3c2)c1.COc1cc(OC)cc(N(c2ccc3ncc(-c4cnn(C)c4)nc3c2)C2CCCN(C(C)C)C2)c1. The molecule has 0 spiro atoms. The lowest BCUT2D eigenvalue weighted by Gasteiger charge is -2.42. The van der Waals surface area contributed by atoms with Crippen LogP contribution < -0.4 is 57.5 Å². The van der Waals surface area contributed by atoms with Crippen LogP contribution in [0.2, 0.25) is 0 Å². The second-order valence-electron chi connectivity index (χ2n) is 38.0. The quantitative estimate of drug-likeness (QED) is 0.0399. The third-order valence-corrected chi connectivity index (χ3v) is 27.8. The van der Waals surface area contributed by atoms with Crippen LogP contribution in [-0.4, -0.2) is 291 Å². The number of nitrogens with one attached hydrogen (secondary N) is 1. The summed E-state index contributed by atoms with van der Waals surface area (Å²) >= 11 is 0. The monoisotopic (exact) mass is 2010 g/mol. The van der Waals surface area contributed by atoms with Gasteiger partial charge in [-0.25, -0.2) is 19.9 Å². The van der Waals surface area contributed by atoms with Crippen molar-refractivity contribution in [3.63, 3.8) is 0 Å². The number of nitriles is 1. The first kappa shape index (κ1) is 104. The normalized spacial score (nSPS) is 15.8. The Labute approximate surface area is 860 Å². The third-order valence-electron chi connectivity index (χ3n) is 27.8. The molecule has 1 N–H and O–H groups in total. The number of aromatic nitrogens is 16. The molecule has 148 heavy (non-hydrogen) atoms. The summed E-state index contributed by atoms with van der Waals surface area (Å²) in [6.45, 7) is 16.2. The van der Waals surface area contributed by atoms with Crippen molar-refractivity contribution in [2.45, 2.75) is 83.1 Å². The maximum absolute atomic E-state index is 13.1. The van der Waals surface area contributed by atoms with Gasteiger partial charge in [-0.05, 0) is 185 Å². The molecule has 37 heteroatoms. The molecule has 0 amide bonds. The number of likely N-dealkylation sites (tertiary alicyclic amines) is 4. The Morgan fingerprint density at radius 2 is 0.757 bits per heavy atom. The number of hydrogen-bond acceptors (Lipinski definition) is 30. The number of anilines is 8. The van der Waals surface area contributed by atoms with Gasteiger partial charge < -0.3 is 72.2 Å². The van der Waals surface area contributed by atoms with Crippen LogP contribution in [0.25, 0.3) is 89.2 Å². The summed E-state index contributed by atoms with van der Waals surface area (Å²) in [6.07, 6.45) is 23.2. The molecule has 4 aliphatic rings. The van der Waals surface area contributed by atoms with Crippen LogP contribution in [0.3, 0.4) is 0 Å². The summed E-state index contributed by atoms with van der Waals surface area (Å²) < 4.78 is 89.1. The molecule has 8 aromatic carbocycles. The fraction of sp³-hybridized carbons (Fsp3) is 0.378. The summed E-state index contributed by atoms with van der Waals surface area (Å²) in [5.74, 6) is 4.73. The van der Waals surface area contributed by atoms with Crippen LogP contribution in [-0.2, 0) is 21.1 Å². The molecular weight excluding hydrogens is 1880 g/mol. The van der Waals surface area contributed by atoms with Gasteiger partial charge in [0.15, 0.2) is 0 Å². The van der Waals surface area contributed by atoms with Gasteiger partial charge in [0.2, 0.25) is 0 Å². The molecule has 3 atom stereocenters. The van der Waals surface area contributed by atoms with Crippen LogP contribution in [0.5, 0.6) is 46.0 Å². The van der Waals surface area contributed by atoms with E-state index >= 15 is 0 Å². The molecule has 0 aliphatic carbocycles. The molecule has 4 aliphatic heterocycles. The minimum Gasteiger partial charge on any atom is -0.497 e.